The molecule has 1 aromatic carbocycles. The Morgan fingerprint density at radius 2 is 2.28 bits per heavy atom. The lowest BCUT2D eigenvalue weighted by Gasteiger charge is -2.19. The first-order valence-electron chi connectivity index (χ1n) is 5.78. The second-order valence-electron chi connectivity index (χ2n) is 4.53. The van der Waals surface area contributed by atoms with Gasteiger partial charge in [0.25, 0.3) is 0 Å². The molecule has 1 fully saturated rings. The first-order valence-corrected chi connectivity index (χ1v) is 6.16. The third-order valence-corrected chi connectivity index (χ3v) is 3.62. The fourth-order valence-electron chi connectivity index (χ4n) is 2.26. The minimum Gasteiger partial charge on any atom is -0.495 e. The number of benzene rings is 1. The summed E-state index contributed by atoms with van der Waals surface area (Å²) in [6.07, 6.45) is 2.01. The van der Waals surface area contributed by atoms with E-state index in [4.69, 9.17) is 21.4 Å². The highest BCUT2D eigenvalue weighted by Crippen LogP contribution is 2.48. The van der Waals surface area contributed by atoms with Crippen LogP contribution in [-0.2, 0) is 4.79 Å². The van der Waals surface area contributed by atoms with E-state index in [2.05, 4.69) is 0 Å². The fraction of sp³-hybridized carbons (Fsp3) is 0.462. The zero-order valence-corrected chi connectivity index (χ0v) is 10.7. The summed E-state index contributed by atoms with van der Waals surface area (Å²) in [7, 11) is 1.41. The number of rotatable bonds is 5. The molecular formula is C13H14ClFO3. The summed E-state index contributed by atoms with van der Waals surface area (Å²) in [5.41, 5.74) is 0.689. The van der Waals surface area contributed by atoms with Gasteiger partial charge in [0.2, 0.25) is 0 Å². The molecule has 1 saturated carbocycles. The lowest BCUT2D eigenvalue weighted by Crippen LogP contribution is -2.10. The highest BCUT2D eigenvalue weighted by molar-refractivity contribution is 6.32. The quantitative estimate of drug-likeness (QED) is 0.893. The number of hydrogen-bond donors (Lipinski definition) is 1. The van der Waals surface area contributed by atoms with Crippen molar-refractivity contribution in [3.63, 3.8) is 0 Å². The fourth-order valence-corrected chi connectivity index (χ4v) is 2.51. The number of carboxylic acids is 1. The first-order chi connectivity index (χ1) is 8.54. The molecule has 0 amide bonds. The molecule has 0 bridgehead atoms. The number of carboxylic acid groups (broad SMARTS) is 1. The molecule has 18 heavy (non-hydrogen) atoms. The van der Waals surface area contributed by atoms with Gasteiger partial charge < -0.3 is 9.84 Å². The zero-order valence-electron chi connectivity index (χ0n) is 9.95. The minimum absolute atomic E-state index is 0.0169. The number of aliphatic carboxylic acids is 1. The summed E-state index contributed by atoms with van der Waals surface area (Å²) >= 11 is 5.86. The van der Waals surface area contributed by atoms with E-state index >= 15 is 0 Å². The van der Waals surface area contributed by atoms with Gasteiger partial charge in [-0.1, -0.05) is 17.7 Å². The highest BCUT2D eigenvalue weighted by atomic mass is 35.5. The van der Waals surface area contributed by atoms with Crippen LogP contribution in [0, 0.1) is 11.7 Å². The van der Waals surface area contributed by atoms with Crippen LogP contribution in [-0.4, -0.2) is 18.2 Å². The van der Waals surface area contributed by atoms with Gasteiger partial charge in [-0.15, -0.1) is 0 Å². The lowest BCUT2D eigenvalue weighted by atomic mass is 9.90. The van der Waals surface area contributed by atoms with Gasteiger partial charge in [0.15, 0.2) is 0 Å². The number of ether oxygens (including phenoxy) is 1. The van der Waals surface area contributed by atoms with Gasteiger partial charge in [0.05, 0.1) is 13.5 Å². The largest absolute Gasteiger partial charge is 0.495 e. The summed E-state index contributed by atoms with van der Waals surface area (Å²) in [6.45, 7) is 0. The summed E-state index contributed by atoms with van der Waals surface area (Å²) < 4.78 is 18.5. The molecule has 98 valence electrons. The summed E-state index contributed by atoms with van der Waals surface area (Å²) in [5, 5.41) is 8.88. The Labute approximate surface area is 110 Å². The van der Waals surface area contributed by atoms with E-state index in [1.807, 2.05) is 0 Å². The van der Waals surface area contributed by atoms with Crippen LogP contribution in [0.3, 0.4) is 0 Å². The van der Waals surface area contributed by atoms with Crippen LogP contribution in [0.1, 0.15) is 30.7 Å². The van der Waals surface area contributed by atoms with Crippen molar-refractivity contribution >= 4 is 17.6 Å². The molecule has 1 aromatic rings. The van der Waals surface area contributed by atoms with Crippen LogP contribution < -0.4 is 4.74 Å². The second kappa shape index (κ2) is 5.14. The maximum Gasteiger partial charge on any atom is 0.303 e. The number of carbonyl (C=O) groups is 1. The second-order valence-corrected chi connectivity index (χ2v) is 4.90. The van der Waals surface area contributed by atoms with Crippen molar-refractivity contribution < 1.29 is 19.0 Å². The van der Waals surface area contributed by atoms with Crippen LogP contribution in [0.4, 0.5) is 4.39 Å². The van der Waals surface area contributed by atoms with Crippen LogP contribution in [0.2, 0.25) is 5.02 Å². The Kier molecular flexibility index (Phi) is 3.76. The van der Waals surface area contributed by atoms with Gasteiger partial charge >= 0.3 is 5.97 Å². The molecule has 2 rings (SSSR count). The minimum atomic E-state index is -0.866. The maximum atomic E-state index is 13.4. The molecule has 1 N–H and O–H groups in total. The average molecular weight is 273 g/mol. The van der Waals surface area contributed by atoms with Crippen molar-refractivity contribution in [1.82, 2.24) is 0 Å². The Bertz CT molecular complexity index is 472. The normalized spacial score (nSPS) is 16.4. The Morgan fingerprint density at radius 1 is 1.61 bits per heavy atom. The van der Waals surface area contributed by atoms with Gasteiger partial charge in [0, 0.05) is 5.92 Å². The van der Waals surface area contributed by atoms with E-state index < -0.39 is 11.8 Å². The molecule has 0 aliphatic heterocycles. The standard InChI is InChI=1S/C13H14ClFO3/c1-18-13-8(4-5-10(15)12(13)14)9(6-11(16)17)7-2-3-7/h4-5,7,9H,2-3,6H2,1H3,(H,16,17). The van der Waals surface area contributed by atoms with E-state index in [0.717, 1.165) is 12.8 Å². The molecular weight excluding hydrogens is 259 g/mol. The van der Waals surface area contributed by atoms with Crippen molar-refractivity contribution in [2.24, 2.45) is 5.92 Å². The number of hydrogen-bond acceptors (Lipinski definition) is 2. The van der Waals surface area contributed by atoms with Crippen LogP contribution >= 0.6 is 11.6 Å². The zero-order chi connectivity index (χ0) is 13.3. The van der Waals surface area contributed by atoms with Gasteiger partial charge in [-0.25, -0.2) is 4.39 Å². The van der Waals surface area contributed by atoms with Crippen molar-refractivity contribution in [1.29, 1.82) is 0 Å². The molecule has 1 aliphatic rings. The number of methoxy groups -OCH3 is 1. The topological polar surface area (TPSA) is 46.5 Å². The predicted octanol–water partition coefficient (Wildman–Crippen LogP) is 3.46. The molecule has 0 aromatic heterocycles. The lowest BCUT2D eigenvalue weighted by molar-refractivity contribution is -0.137. The monoisotopic (exact) mass is 272 g/mol. The average Bonchev–Trinajstić information content (AvgIpc) is 3.13. The summed E-state index contributed by atoms with van der Waals surface area (Å²) in [6, 6.07) is 2.84. The van der Waals surface area contributed by atoms with E-state index in [9.17, 15) is 9.18 Å². The van der Waals surface area contributed by atoms with Gasteiger partial charge in [0.1, 0.15) is 16.6 Å². The first kappa shape index (κ1) is 13.1. The van der Waals surface area contributed by atoms with Crippen molar-refractivity contribution in [2.45, 2.75) is 25.2 Å². The molecule has 0 spiro atoms. The molecule has 1 aliphatic carbocycles. The van der Waals surface area contributed by atoms with Gasteiger partial charge in [-0.3, -0.25) is 4.79 Å². The Hall–Kier alpha value is -1.29. The van der Waals surface area contributed by atoms with Gasteiger partial charge in [-0.2, -0.15) is 0 Å². The highest BCUT2D eigenvalue weighted by Gasteiger charge is 2.36. The third kappa shape index (κ3) is 2.58. The van der Waals surface area contributed by atoms with E-state index in [-0.39, 0.29) is 23.1 Å². The van der Waals surface area contributed by atoms with E-state index in [1.54, 1.807) is 6.07 Å². The van der Waals surface area contributed by atoms with Crippen molar-refractivity contribution in [3.8, 4) is 5.75 Å². The smallest absolute Gasteiger partial charge is 0.303 e. The van der Waals surface area contributed by atoms with Gasteiger partial charge in [-0.05, 0) is 30.4 Å². The van der Waals surface area contributed by atoms with Crippen LogP contribution in [0.25, 0.3) is 0 Å². The van der Waals surface area contributed by atoms with E-state index in [0.29, 0.717) is 11.5 Å². The van der Waals surface area contributed by atoms with Crippen molar-refractivity contribution in [2.75, 3.05) is 7.11 Å². The molecule has 0 saturated heterocycles. The van der Waals surface area contributed by atoms with Crippen molar-refractivity contribution in [3.05, 3.63) is 28.5 Å². The summed E-state index contributed by atoms with van der Waals surface area (Å²) in [5.74, 6) is -0.988. The molecule has 5 heteroatoms. The summed E-state index contributed by atoms with van der Waals surface area (Å²) in [4.78, 5) is 10.9. The van der Waals surface area contributed by atoms with Crippen LogP contribution in [0.5, 0.6) is 5.75 Å². The van der Waals surface area contributed by atoms with Crippen LogP contribution in [0.15, 0.2) is 12.1 Å². The molecule has 1 atom stereocenters. The van der Waals surface area contributed by atoms with E-state index in [1.165, 1.54) is 13.2 Å². The molecule has 3 nitrogen and oxygen atoms in total. The Morgan fingerprint density at radius 3 is 2.78 bits per heavy atom. The SMILES string of the molecule is COc1c(C(CC(=O)O)C2CC2)ccc(F)c1Cl. The Balaban J connectivity index is 2.40. The molecule has 1 unspecified atom stereocenters. The maximum absolute atomic E-state index is 13.4. The molecule has 0 radical (unpaired) electrons. The third-order valence-electron chi connectivity index (χ3n) is 3.27. The number of halogens is 2. The molecule has 0 heterocycles. The predicted molar refractivity (Wildman–Crippen MR) is 65.7 cm³/mol.